The van der Waals surface area contributed by atoms with Crippen LogP contribution in [-0.2, 0) is 4.79 Å². The topological polar surface area (TPSA) is 46.3 Å². The lowest BCUT2D eigenvalue weighted by atomic mass is 10.1. The SMILES string of the molecule is CCC[C@H](N)C(=O)N1CCC(CC)C1. The summed E-state index contributed by atoms with van der Waals surface area (Å²) >= 11 is 0. The summed E-state index contributed by atoms with van der Waals surface area (Å²) in [6.45, 7) is 6.08. The van der Waals surface area contributed by atoms with Crippen LogP contribution in [0.3, 0.4) is 0 Å². The molecular weight excluding hydrogens is 176 g/mol. The number of amides is 1. The first kappa shape index (κ1) is 11.5. The van der Waals surface area contributed by atoms with Gasteiger partial charge in [0.15, 0.2) is 0 Å². The van der Waals surface area contributed by atoms with Gasteiger partial charge in [0.25, 0.3) is 0 Å². The maximum absolute atomic E-state index is 11.8. The average Bonchev–Trinajstić information content (AvgIpc) is 2.65. The van der Waals surface area contributed by atoms with Crippen LogP contribution in [0, 0.1) is 5.92 Å². The highest BCUT2D eigenvalue weighted by Gasteiger charge is 2.27. The Bertz CT molecular complexity index is 194. The van der Waals surface area contributed by atoms with Crippen LogP contribution in [0.15, 0.2) is 0 Å². The molecule has 0 aromatic carbocycles. The van der Waals surface area contributed by atoms with E-state index in [9.17, 15) is 4.79 Å². The molecule has 0 bridgehead atoms. The molecule has 0 aromatic rings. The van der Waals surface area contributed by atoms with Gasteiger partial charge in [0.1, 0.15) is 0 Å². The quantitative estimate of drug-likeness (QED) is 0.741. The largest absolute Gasteiger partial charge is 0.341 e. The minimum Gasteiger partial charge on any atom is -0.341 e. The summed E-state index contributed by atoms with van der Waals surface area (Å²) in [6, 6.07) is -0.268. The molecule has 82 valence electrons. The van der Waals surface area contributed by atoms with Crippen molar-refractivity contribution in [2.24, 2.45) is 11.7 Å². The van der Waals surface area contributed by atoms with E-state index in [0.29, 0.717) is 5.92 Å². The van der Waals surface area contributed by atoms with Crippen molar-refractivity contribution in [3.05, 3.63) is 0 Å². The molecule has 2 N–H and O–H groups in total. The molecule has 1 aliphatic rings. The zero-order valence-electron chi connectivity index (χ0n) is 9.33. The molecule has 1 aliphatic heterocycles. The number of carbonyl (C=O) groups excluding carboxylic acids is 1. The van der Waals surface area contributed by atoms with Crippen LogP contribution in [-0.4, -0.2) is 29.9 Å². The summed E-state index contributed by atoms with van der Waals surface area (Å²) in [5.41, 5.74) is 5.80. The van der Waals surface area contributed by atoms with E-state index in [1.54, 1.807) is 0 Å². The van der Waals surface area contributed by atoms with Crippen molar-refractivity contribution in [2.75, 3.05) is 13.1 Å². The van der Waals surface area contributed by atoms with Gasteiger partial charge in [0.2, 0.25) is 5.91 Å². The van der Waals surface area contributed by atoms with Gasteiger partial charge in [-0.3, -0.25) is 4.79 Å². The Morgan fingerprint density at radius 1 is 1.57 bits per heavy atom. The molecule has 1 amide bonds. The fourth-order valence-corrected chi connectivity index (χ4v) is 2.04. The van der Waals surface area contributed by atoms with Crippen molar-refractivity contribution in [1.82, 2.24) is 4.90 Å². The van der Waals surface area contributed by atoms with E-state index in [2.05, 4.69) is 13.8 Å². The summed E-state index contributed by atoms with van der Waals surface area (Å²) < 4.78 is 0. The Labute approximate surface area is 86.6 Å². The van der Waals surface area contributed by atoms with Crippen molar-refractivity contribution in [1.29, 1.82) is 0 Å². The van der Waals surface area contributed by atoms with E-state index in [-0.39, 0.29) is 11.9 Å². The number of likely N-dealkylation sites (tertiary alicyclic amines) is 1. The highest BCUT2D eigenvalue weighted by atomic mass is 16.2. The van der Waals surface area contributed by atoms with Crippen molar-refractivity contribution >= 4 is 5.91 Å². The van der Waals surface area contributed by atoms with Gasteiger partial charge in [0.05, 0.1) is 6.04 Å². The van der Waals surface area contributed by atoms with Gasteiger partial charge in [-0.15, -0.1) is 0 Å². The zero-order valence-corrected chi connectivity index (χ0v) is 9.33. The second kappa shape index (κ2) is 5.35. The summed E-state index contributed by atoms with van der Waals surface area (Å²) in [5, 5.41) is 0. The normalized spacial score (nSPS) is 23.9. The first-order valence-electron chi connectivity index (χ1n) is 5.73. The summed E-state index contributed by atoms with van der Waals surface area (Å²) in [7, 11) is 0. The fraction of sp³-hybridized carbons (Fsp3) is 0.909. The van der Waals surface area contributed by atoms with Crippen LogP contribution in [0.25, 0.3) is 0 Å². The van der Waals surface area contributed by atoms with Gasteiger partial charge in [-0.1, -0.05) is 26.7 Å². The maximum Gasteiger partial charge on any atom is 0.239 e. The molecule has 0 radical (unpaired) electrons. The van der Waals surface area contributed by atoms with Gasteiger partial charge in [-0.05, 0) is 18.8 Å². The zero-order chi connectivity index (χ0) is 10.6. The highest BCUT2D eigenvalue weighted by molar-refractivity contribution is 5.81. The first-order chi connectivity index (χ1) is 6.69. The van der Waals surface area contributed by atoms with Crippen LogP contribution >= 0.6 is 0 Å². The molecule has 1 fully saturated rings. The summed E-state index contributed by atoms with van der Waals surface area (Å²) in [4.78, 5) is 13.7. The predicted molar refractivity (Wildman–Crippen MR) is 57.9 cm³/mol. The number of nitrogens with zero attached hydrogens (tertiary/aromatic N) is 1. The minimum absolute atomic E-state index is 0.155. The lowest BCUT2D eigenvalue weighted by Gasteiger charge is -2.20. The molecule has 2 atom stereocenters. The highest BCUT2D eigenvalue weighted by Crippen LogP contribution is 2.19. The van der Waals surface area contributed by atoms with Gasteiger partial charge in [-0.25, -0.2) is 0 Å². The number of rotatable bonds is 4. The second-order valence-electron chi connectivity index (χ2n) is 4.24. The van der Waals surface area contributed by atoms with Crippen LogP contribution in [0.1, 0.15) is 39.5 Å². The van der Waals surface area contributed by atoms with E-state index in [1.807, 2.05) is 4.90 Å². The molecule has 0 aliphatic carbocycles. The number of hydrogen-bond donors (Lipinski definition) is 1. The molecule has 0 spiro atoms. The molecular formula is C11H22N2O. The van der Waals surface area contributed by atoms with Gasteiger partial charge >= 0.3 is 0 Å². The third-order valence-corrected chi connectivity index (χ3v) is 3.09. The van der Waals surface area contributed by atoms with Crippen molar-refractivity contribution < 1.29 is 4.79 Å². The Kier molecular flexibility index (Phi) is 4.39. The third-order valence-electron chi connectivity index (χ3n) is 3.09. The molecule has 1 rings (SSSR count). The first-order valence-corrected chi connectivity index (χ1v) is 5.73. The summed E-state index contributed by atoms with van der Waals surface area (Å²) in [5.74, 6) is 0.857. The Balaban J connectivity index is 2.38. The Hall–Kier alpha value is -0.570. The standard InChI is InChI=1S/C11H22N2O/c1-3-5-10(12)11(14)13-7-6-9(4-2)8-13/h9-10H,3-8,12H2,1-2H3/t9?,10-/m0/s1. The molecule has 0 aromatic heterocycles. The van der Waals surface area contributed by atoms with Crippen molar-refractivity contribution in [2.45, 2.75) is 45.6 Å². The van der Waals surface area contributed by atoms with Crippen LogP contribution in [0.4, 0.5) is 0 Å². The lowest BCUT2D eigenvalue weighted by Crippen LogP contribution is -2.42. The molecule has 3 nitrogen and oxygen atoms in total. The lowest BCUT2D eigenvalue weighted by molar-refractivity contribution is -0.131. The van der Waals surface area contributed by atoms with Crippen LogP contribution < -0.4 is 5.73 Å². The average molecular weight is 198 g/mol. The van der Waals surface area contributed by atoms with Gasteiger partial charge < -0.3 is 10.6 Å². The van der Waals surface area contributed by atoms with E-state index in [1.165, 1.54) is 6.42 Å². The summed E-state index contributed by atoms with van der Waals surface area (Å²) in [6.07, 6.45) is 4.12. The molecule has 1 unspecified atom stereocenters. The predicted octanol–water partition coefficient (Wildman–Crippen LogP) is 1.37. The smallest absolute Gasteiger partial charge is 0.239 e. The molecule has 14 heavy (non-hydrogen) atoms. The van der Waals surface area contributed by atoms with Crippen LogP contribution in [0.5, 0.6) is 0 Å². The molecule has 1 saturated heterocycles. The molecule has 0 saturated carbocycles. The van der Waals surface area contributed by atoms with E-state index < -0.39 is 0 Å². The van der Waals surface area contributed by atoms with Gasteiger partial charge in [-0.2, -0.15) is 0 Å². The Morgan fingerprint density at radius 3 is 2.79 bits per heavy atom. The van der Waals surface area contributed by atoms with Gasteiger partial charge in [0, 0.05) is 13.1 Å². The minimum atomic E-state index is -0.268. The number of hydrogen-bond acceptors (Lipinski definition) is 2. The third kappa shape index (κ3) is 2.71. The number of carbonyl (C=O) groups is 1. The monoisotopic (exact) mass is 198 g/mol. The Morgan fingerprint density at radius 2 is 2.29 bits per heavy atom. The van der Waals surface area contributed by atoms with Crippen LogP contribution in [0.2, 0.25) is 0 Å². The number of nitrogens with two attached hydrogens (primary N) is 1. The molecule has 3 heteroatoms. The maximum atomic E-state index is 11.8. The van der Waals surface area contributed by atoms with Crippen molar-refractivity contribution in [3.8, 4) is 0 Å². The van der Waals surface area contributed by atoms with E-state index in [0.717, 1.165) is 32.4 Å². The van der Waals surface area contributed by atoms with E-state index in [4.69, 9.17) is 5.73 Å². The van der Waals surface area contributed by atoms with E-state index >= 15 is 0 Å². The molecule has 1 heterocycles. The second-order valence-corrected chi connectivity index (χ2v) is 4.24. The fourth-order valence-electron chi connectivity index (χ4n) is 2.04. The van der Waals surface area contributed by atoms with Crippen molar-refractivity contribution in [3.63, 3.8) is 0 Å².